The molecular formula is C15H23NO. The van der Waals surface area contributed by atoms with Crippen LogP contribution in [-0.4, -0.2) is 6.23 Å². The lowest BCUT2D eigenvalue weighted by molar-refractivity contribution is 0.0442. The number of nitrogens with one attached hydrogen (secondary N) is 1. The second-order valence-electron chi connectivity index (χ2n) is 4.80. The predicted molar refractivity (Wildman–Crippen MR) is 72.0 cm³/mol. The number of rotatable bonds is 6. The maximum Gasteiger partial charge on any atom is 0.128 e. The number of anilines is 1. The molecule has 0 spiro atoms. The van der Waals surface area contributed by atoms with Gasteiger partial charge in [0.1, 0.15) is 6.23 Å². The average molecular weight is 233 g/mol. The van der Waals surface area contributed by atoms with E-state index in [0.29, 0.717) is 0 Å². The summed E-state index contributed by atoms with van der Waals surface area (Å²) in [7, 11) is 0. The Kier molecular flexibility index (Phi) is 4.87. The largest absolute Gasteiger partial charge is 0.360 e. The Morgan fingerprint density at radius 1 is 1.18 bits per heavy atom. The van der Waals surface area contributed by atoms with Gasteiger partial charge in [0.2, 0.25) is 0 Å². The second-order valence-corrected chi connectivity index (χ2v) is 4.80. The minimum Gasteiger partial charge on any atom is -0.360 e. The fourth-order valence-electron chi connectivity index (χ4n) is 2.28. The standard InChI is InChI=1S/C15H23NO/c1-2-3-4-5-6-11-15-16-14-10-8-7-9-13(14)12-17-15/h7-10,15-16H,2-6,11-12H2,1H3. The molecule has 1 atom stereocenters. The number of hydrogen-bond acceptors (Lipinski definition) is 2. The molecule has 0 radical (unpaired) electrons. The SMILES string of the molecule is CCCCCCCC1Nc2ccccc2CO1. The molecule has 0 fully saturated rings. The summed E-state index contributed by atoms with van der Waals surface area (Å²) >= 11 is 0. The van der Waals surface area contributed by atoms with Gasteiger partial charge in [-0.05, 0) is 18.9 Å². The van der Waals surface area contributed by atoms with E-state index < -0.39 is 0 Å². The summed E-state index contributed by atoms with van der Waals surface area (Å²) in [5.74, 6) is 0. The average Bonchev–Trinajstić information content (AvgIpc) is 2.38. The van der Waals surface area contributed by atoms with E-state index in [-0.39, 0.29) is 6.23 Å². The van der Waals surface area contributed by atoms with Crippen LogP contribution >= 0.6 is 0 Å². The Morgan fingerprint density at radius 3 is 2.88 bits per heavy atom. The van der Waals surface area contributed by atoms with E-state index in [2.05, 4.69) is 36.5 Å². The summed E-state index contributed by atoms with van der Waals surface area (Å²) in [5, 5.41) is 3.47. The molecule has 0 saturated carbocycles. The third-order valence-electron chi connectivity index (χ3n) is 3.34. The van der Waals surface area contributed by atoms with Crippen molar-refractivity contribution < 1.29 is 4.74 Å². The summed E-state index contributed by atoms with van der Waals surface area (Å²) < 4.78 is 5.80. The summed E-state index contributed by atoms with van der Waals surface area (Å²) in [6.07, 6.45) is 7.97. The summed E-state index contributed by atoms with van der Waals surface area (Å²) in [6, 6.07) is 8.41. The van der Waals surface area contributed by atoms with Crippen LogP contribution in [0.25, 0.3) is 0 Å². The van der Waals surface area contributed by atoms with Crippen molar-refractivity contribution in [2.45, 2.75) is 58.3 Å². The first-order valence-corrected chi connectivity index (χ1v) is 6.86. The quantitative estimate of drug-likeness (QED) is 0.739. The smallest absolute Gasteiger partial charge is 0.128 e. The molecule has 0 bridgehead atoms. The molecule has 1 aromatic carbocycles. The molecule has 94 valence electrons. The molecule has 1 aliphatic heterocycles. The zero-order valence-electron chi connectivity index (χ0n) is 10.7. The normalized spacial score (nSPS) is 18.5. The van der Waals surface area contributed by atoms with Crippen molar-refractivity contribution in [3.8, 4) is 0 Å². The Morgan fingerprint density at radius 2 is 2.00 bits per heavy atom. The van der Waals surface area contributed by atoms with Crippen molar-refractivity contribution in [3.63, 3.8) is 0 Å². The molecule has 0 aliphatic carbocycles. The highest BCUT2D eigenvalue weighted by Crippen LogP contribution is 2.24. The Bertz CT molecular complexity index is 337. The van der Waals surface area contributed by atoms with E-state index in [1.165, 1.54) is 43.4 Å². The van der Waals surface area contributed by atoms with Crippen LogP contribution in [0, 0.1) is 0 Å². The van der Waals surface area contributed by atoms with Gasteiger partial charge in [0.15, 0.2) is 0 Å². The summed E-state index contributed by atoms with van der Waals surface area (Å²) in [4.78, 5) is 0. The van der Waals surface area contributed by atoms with Crippen LogP contribution in [0.3, 0.4) is 0 Å². The van der Waals surface area contributed by atoms with E-state index in [9.17, 15) is 0 Å². The van der Waals surface area contributed by atoms with Crippen LogP contribution in [0.4, 0.5) is 5.69 Å². The molecule has 0 saturated heterocycles. The molecule has 1 unspecified atom stereocenters. The first-order chi connectivity index (χ1) is 8.40. The van der Waals surface area contributed by atoms with Crippen LogP contribution in [0.1, 0.15) is 51.0 Å². The van der Waals surface area contributed by atoms with Gasteiger partial charge in [-0.3, -0.25) is 0 Å². The lowest BCUT2D eigenvalue weighted by Crippen LogP contribution is -2.27. The van der Waals surface area contributed by atoms with Crippen molar-refractivity contribution in [2.24, 2.45) is 0 Å². The highest BCUT2D eigenvalue weighted by atomic mass is 16.5. The van der Waals surface area contributed by atoms with Crippen LogP contribution in [0.15, 0.2) is 24.3 Å². The molecule has 2 nitrogen and oxygen atoms in total. The van der Waals surface area contributed by atoms with Gasteiger partial charge in [0.25, 0.3) is 0 Å². The Balaban J connectivity index is 1.71. The number of fused-ring (bicyclic) bond motifs is 1. The fraction of sp³-hybridized carbons (Fsp3) is 0.600. The van der Waals surface area contributed by atoms with E-state index >= 15 is 0 Å². The second kappa shape index (κ2) is 6.65. The van der Waals surface area contributed by atoms with Gasteiger partial charge in [0, 0.05) is 11.3 Å². The summed E-state index contributed by atoms with van der Waals surface area (Å²) in [6.45, 7) is 3.01. The molecule has 2 heteroatoms. The number of hydrogen-bond donors (Lipinski definition) is 1. The third kappa shape index (κ3) is 3.74. The third-order valence-corrected chi connectivity index (χ3v) is 3.34. The maximum atomic E-state index is 5.80. The van der Waals surface area contributed by atoms with Gasteiger partial charge >= 0.3 is 0 Å². The van der Waals surface area contributed by atoms with Gasteiger partial charge < -0.3 is 10.1 Å². The fourth-order valence-corrected chi connectivity index (χ4v) is 2.28. The zero-order chi connectivity index (χ0) is 11.9. The molecule has 1 aliphatic rings. The van der Waals surface area contributed by atoms with Crippen LogP contribution in [-0.2, 0) is 11.3 Å². The van der Waals surface area contributed by atoms with Gasteiger partial charge in [-0.25, -0.2) is 0 Å². The molecule has 1 N–H and O–H groups in total. The highest BCUT2D eigenvalue weighted by molar-refractivity contribution is 5.52. The van der Waals surface area contributed by atoms with E-state index in [0.717, 1.165) is 13.0 Å². The van der Waals surface area contributed by atoms with Crippen molar-refractivity contribution in [2.75, 3.05) is 5.32 Å². The van der Waals surface area contributed by atoms with Gasteiger partial charge in [-0.15, -0.1) is 0 Å². The van der Waals surface area contributed by atoms with Crippen molar-refractivity contribution in [1.29, 1.82) is 0 Å². The van der Waals surface area contributed by atoms with Gasteiger partial charge in [0.05, 0.1) is 6.61 Å². The van der Waals surface area contributed by atoms with E-state index in [1.807, 2.05) is 0 Å². The van der Waals surface area contributed by atoms with Crippen molar-refractivity contribution in [1.82, 2.24) is 0 Å². The maximum absolute atomic E-state index is 5.80. The van der Waals surface area contributed by atoms with Crippen molar-refractivity contribution in [3.05, 3.63) is 29.8 Å². The molecular weight excluding hydrogens is 210 g/mol. The van der Waals surface area contributed by atoms with E-state index in [1.54, 1.807) is 0 Å². The zero-order valence-corrected chi connectivity index (χ0v) is 10.7. The molecule has 1 aromatic rings. The monoisotopic (exact) mass is 233 g/mol. The topological polar surface area (TPSA) is 21.3 Å². The van der Waals surface area contributed by atoms with Crippen LogP contribution in [0.2, 0.25) is 0 Å². The van der Waals surface area contributed by atoms with Crippen LogP contribution < -0.4 is 5.32 Å². The number of benzene rings is 1. The Hall–Kier alpha value is -1.02. The van der Waals surface area contributed by atoms with Crippen LogP contribution in [0.5, 0.6) is 0 Å². The molecule has 17 heavy (non-hydrogen) atoms. The molecule has 0 amide bonds. The minimum absolute atomic E-state index is 0.214. The molecule has 0 aromatic heterocycles. The minimum atomic E-state index is 0.214. The highest BCUT2D eigenvalue weighted by Gasteiger charge is 2.16. The predicted octanol–water partition coefficient (Wildman–Crippen LogP) is 4.32. The number of ether oxygens (including phenoxy) is 1. The lowest BCUT2D eigenvalue weighted by Gasteiger charge is -2.27. The first kappa shape index (κ1) is 12.4. The van der Waals surface area contributed by atoms with Gasteiger partial charge in [-0.1, -0.05) is 50.8 Å². The Labute approximate surface area is 104 Å². The van der Waals surface area contributed by atoms with E-state index in [4.69, 9.17) is 4.74 Å². The summed E-state index contributed by atoms with van der Waals surface area (Å²) in [5.41, 5.74) is 2.52. The van der Waals surface area contributed by atoms with Gasteiger partial charge in [-0.2, -0.15) is 0 Å². The molecule has 1 heterocycles. The number of unbranched alkanes of at least 4 members (excludes halogenated alkanes) is 4. The lowest BCUT2D eigenvalue weighted by atomic mass is 10.1. The van der Waals surface area contributed by atoms with Crippen molar-refractivity contribution >= 4 is 5.69 Å². The number of para-hydroxylation sites is 1. The molecule has 2 rings (SSSR count). The first-order valence-electron chi connectivity index (χ1n) is 6.86.